The molecule has 1 atom stereocenters. The van der Waals surface area contributed by atoms with E-state index in [0.29, 0.717) is 13.2 Å². The molecule has 1 unspecified atom stereocenters. The van der Waals surface area contributed by atoms with Gasteiger partial charge in [0, 0.05) is 19.6 Å². The number of morpholine rings is 1. The molecule has 1 heterocycles. The van der Waals surface area contributed by atoms with Crippen molar-refractivity contribution >= 4 is 6.09 Å². The molecule has 0 aliphatic carbocycles. The van der Waals surface area contributed by atoms with Crippen molar-refractivity contribution in [3.63, 3.8) is 0 Å². The summed E-state index contributed by atoms with van der Waals surface area (Å²) < 4.78 is 5.33. The molecule has 12 heavy (non-hydrogen) atoms. The van der Waals surface area contributed by atoms with E-state index in [2.05, 4.69) is 10.2 Å². The van der Waals surface area contributed by atoms with Gasteiger partial charge in [-0.15, -0.1) is 0 Å². The molecule has 2 N–H and O–H groups in total. The lowest BCUT2D eigenvalue weighted by molar-refractivity contribution is -0.0174. The Balaban J connectivity index is 2.18. The van der Waals surface area contributed by atoms with Gasteiger partial charge in [-0.3, -0.25) is 0 Å². The smallest absolute Gasteiger partial charge is 0.404 e. The first-order valence-corrected chi connectivity index (χ1v) is 3.95. The Kier molecular flexibility index (Phi) is 3.31. The first-order chi connectivity index (χ1) is 5.68. The van der Waals surface area contributed by atoms with E-state index in [4.69, 9.17) is 9.84 Å². The molecule has 0 aromatic carbocycles. The molecular formula is C7H14N2O3. The van der Waals surface area contributed by atoms with E-state index in [9.17, 15) is 4.79 Å². The molecule has 1 amide bonds. The van der Waals surface area contributed by atoms with Crippen molar-refractivity contribution in [1.82, 2.24) is 10.2 Å². The summed E-state index contributed by atoms with van der Waals surface area (Å²) >= 11 is 0. The van der Waals surface area contributed by atoms with Crippen molar-refractivity contribution in [1.29, 1.82) is 0 Å². The van der Waals surface area contributed by atoms with Crippen LogP contribution < -0.4 is 5.32 Å². The third kappa shape index (κ3) is 3.06. The molecule has 1 aliphatic rings. The van der Waals surface area contributed by atoms with Crippen LogP contribution >= 0.6 is 0 Å². The highest BCUT2D eigenvalue weighted by atomic mass is 16.5. The molecule has 1 fully saturated rings. The van der Waals surface area contributed by atoms with Gasteiger partial charge in [0.15, 0.2) is 0 Å². The van der Waals surface area contributed by atoms with Gasteiger partial charge in [-0.05, 0) is 7.05 Å². The Morgan fingerprint density at radius 3 is 3.17 bits per heavy atom. The summed E-state index contributed by atoms with van der Waals surface area (Å²) in [5.41, 5.74) is 0. The second kappa shape index (κ2) is 4.27. The number of likely N-dealkylation sites (N-methyl/N-ethyl adjacent to an activating group) is 1. The van der Waals surface area contributed by atoms with Crippen LogP contribution in [0.4, 0.5) is 4.79 Å². The van der Waals surface area contributed by atoms with Gasteiger partial charge in [-0.25, -0.2) is 4.79 Å². The fraction of sp³-hybridized carbons (Fsp3) is 0.857. The highest BCUT2D eigenvalue weighted by molar-refractivity contribution is 5.64. The summed E-state index contributed by atoms with van der Waals surface area (Å²) in [5.74, 6) is 0. The minimum absolute atomic E-state index is 0.000139. The topological polar surface area (TPSA) is 61.8 Å². The lowest BCUT2D eigenvalue weighted by atomic mass is 10.3. The molecule has 0 aromatic rings. The van der Waals surface area contributed by atoms with E-state index in [-0.39, 0.29) is 6.10 Å². The van der Waals surface area contributed by atoms with Gasteiger partial charge in [0.2, 0.25) is 0 Å². The Hall–Kier alpha value is -0.810. The maximum Gasteiger partial charge on any atom is 0.404 e. The fourth-order valence-electron chi connectivity index (χ4n) is 1.19. The van der Waals surface area contributed by atoms with Crippen molar-refractivity contribution in [3.05, 3.63) is 0 Å². The number of hydrogen-bond acceptors (Lipinski definition) is 3. The average Bonchev–Trinajstić information content (AvgIpc) is 2.01. The third-order valence-corrected chi connectivity index (χ3v) is 1.82. The zero-order chi connectivity index (χ0) is 8.97. The van der Waals surface area contributed by atoms with Crippen LogP contribution in [0.3, 0.4) is 0 Å². The third-order valence-electron chi connectivity index (χ3n) is 1.82. The molecule has 1 saturated heterocycles. The fourth-order valence-corrected chi connectivity index (χ4v) is 1.19. The number of carboxylic acid groups (broad SMARTS) is 1. The van der Waals surface area contributed by atoms with Gasteiger partial charge in [0.1, 0.15) is 0 Å². The molecule has 1 aliphatic heterocycles. The van der Waals surface area contributed by atoms with Crippen LogP contribution in [0.2, 0.25) is 0 Å². The second-order valence-electron chi connectivity index (χ2n) is 2.94. The van der Waals surface area contributed by atoms with Crippen LogP contribution in [-0.2, 0) is 4.74 Å². The zero-order valence-electron chi connectivity index (χ0n) is 7.12. The minimum atomic E-state index is -0.994. The van der Waals surface area contributed by atoms with Gasteiger partial charge in [0.25, 0.3) is 0 Å². The summed E-state index contributed by atoms with van der Waals surface area (Å²) in [6, 6.07) is 0. The predicted molar refractivity (Wildman–Crippen MR) is 43.3 cm³/mol. The Morgan fingerprint density at radius 2 is 2.58 bits per heavy atom. The number of hydrogen-bond donors (Lipinski definition) is 2. The molecule has 5 nitrogen and oxygen atoms in total. The quantitative estimate of drug-likeness (QED) is 0.597. The molecular weight excluding hydrogens is 160 g/mol. The molecule has 1 rings (SSSR count). The number of rotatable bonds is 2. The van der Waals surface area contributed by atoms with Crippen molar-refractivity contribution in [2.24, 2.45) is 0 Å². The average molecular weight is 174 g/mol. The maximum absolute atomic E-state index is 10.1. The summed E-state index contributed by atoms with van der Waals surface area (Å²) in [4.78, 5) is 12.3. The largest absolute Gasteiger partial charge is 0.465 e. The molecule has 0 saturated carbocycles. The van der Waals surface area contributed by atoms with Gasteiger partial charge in [-0.2, -0.15) is 0 Å². The van der Waals surface area contributed by atoms with Crippen LogP contribution in [0, 0.1) is 0 Å². The Morgan fingerprint density at radius 1 is 1.83 bits per heavy atom. The minimum Gasteiger partial charge on any atom is -0.465 e. The molecule has 70 valence electrons. The second-order valence-corrected chi connectivity index (χ2v) is 2.94. The van der Waals surface area contributed by atoms with E-state index in [1.54, 1.807) is 0 Å². The van der Waals surface area contributed by atoms with Crippen LogP contribution in [-0.4, -0.2) is 55.5 Å². The number of nitrogens with one attached hydrogen (secondary N) is 1. The van der Waals surface area contributed by atoms with Gasteiger partial charge in [-0.1, -0.05) is 0 Å². The number of carbonyl (C=O) groups is 1. The van der Waals surface area contributed by atoms with Crippen LogP contribution in [0.15, 0.2) is 0 Å². The van der Waals surface area contributed by atoms with Crippen molar-refractivity contribution in [2.75, 3.05) is 33.3 Å². The maximum atomic E-state index is 10.1. The standard InChI is InChI=1S/C7H14N2O3/c1-9-2-3-12-6(5-9)4-8-7(10)11/h6,8H,2-5H2,1H3,(H,10,11). The highest BCUT2D eigenvalue weighted by Crippen LogP contribution is 2.00. The molecule has 0 radical (unpaired) electrons. The summed E-state index contributed by atoms with van der Waals surface area (Å²) in [7, 11) is 2.00. The first-order valence-electron chi connectivity index (χ1n) is 3.95. The van der Waals surface area contributed by atoms with E-state index in [1.807, 2.05) is 7.05 Å². The van der Waals surface area contributed by atoms with E-state index >= 15 is 0 Å². The van der Waals surface area contributed by atoms with Gasteiger partial charge >= 0.3 is 6.09 Å². The first kappa shape index (κ1) is 9.28. The van der Waals surface area contributed by atoms with Crippen LogP contribution in [0.1, 0.15) is 0 Å². The predicted octanol–water partition coefficient (Wildman–Crippen LogP) is -0.415. The molecule has 0 aromatic heterocycles. The van der Waals surface area contributed by atoms with Crippen LogP contribution in [0.5, 0.6) is 0 Å². The normalized spacial score (nSPS) is 25.2. The van der Waals surface area contributed by atoms with Crippen molar-refractivity contribution < 1.29 is 14.6 Å². The SMILES string of the molecule is CN1CCOC(CNC(=O)O)C1. The Labute approximate surface area is 71.3 Å². The summed E-state index contributed by atoms with van der Waals surface area (Å²) in [5, 5.41) is 10.6. The van der Waals surface area contributed by atoms with Crippen LogP contribution in [0.25, 0.3) is 0 Å². The number of nitrogens with zero attached hydrogens (tertiary/aromatic N) is 1. The zero-order valence-corrected chi connectivity index (χ0v) is 7.12. The lowest BCUT2D eigenvalue weighted by Gasteiger charge is -2.29. The number of amides is 1. The van der Waals surface area contributed by atoms with Crippen molar-refractivity contribution in [2.45, 2.75) is 6.10 Å². The number of ether oxygens (including phenoxy) is 1. The molecule has 5 heteroatoms. The monoisotopic (exact) mass is 174 g/mol. The van der Waals surface area contributed by atoms with E-state index in [0.717, 1.165) is 13.1 Å². The summed E-state index contributed by atoms with van der Waals surface area (Å²) in [6.07, 6.45) is -0.994. The molecule has 0 spiro atoms. The Bertz CT molecular complexity index is 163. The van der Waals surface area contributed by atoms with Gasteiger partial charge in [0.05, 0.1) is 12.7 Å². The highest BCUT2D eigenvalue weighted by Gasteiger charge is 2.17. The van der Waals surface area contributed by atoms with Crippen molar-refractivity contribution in [3.8, 4) is 0 Å². The van der Waals surface area contributed by atoms with E-state index in [1.165, 1.54) is 0 Å². The van der Waals surface area contributed by atoms with Gasteiger partial charge < -0.3 is 20.1 Å². The van der Waals surface area contributed by atoms with E-state index < -0.39 is 6.09 Å². The molecule has 0 bridgehead atoms. The summed E-state index contributed by atoms with van der Waals surface area (Å²) in [6.45, 7) is 2.77. The lowest BCUT2D eigenvalue weighted by Crippen LogP contribution is -2.45.